The van der Waals surface area contributed by atoms with Gasteiger partial charge in [0.2, 0.25) is 0 Å². The molecule has 0 saturated carbocycles. The van der Waals surface area contributed by atoms with Crippen molar-refractivity contribution in [2.75, 3.05) is 12.4 Å². The van der Waals surface area contributed by atoms with E-state index in [0.29, 0.717) is 11.3 Å². The third-order valence-electron chi connectivity index (χ3n) is 5.12. The van der Waals surface area contributed by atoms with Gasteiger partial charge in [0, 0.05) is 11.3 Å². The van der Waals surface area contributed by atoms with E-state index in [-0.39, 0.29) is 5.78 Å². The number of ether oxygens (including phenoxy) is 2. The van der Waals surface area contributed by atoms with Crippen molar-refractivity contribution in [3.63, 3.8) is 0 Å². The van der Waals surface area contributed by atoms with Gasteiger partial charge in [-0.25, -0.2) is 0 Å². The Hall–Kier alpha value is -3.67. The summed E-state index contributed by atoms with van der Waals surface area (Å²) in [7, 11) is 1.62. The topological polar surface area (TPSA) is 81.7 Å². The maximum atomic E-state index is 12.6. The van der Waals surface area contributed by atoms with E-state index in [2.05, 4.69) is 5.32 Å². The van der Waals surface area contributed by atoms with Gasteiger partial charge in [-0.3, -0.25) is 14.4 Å². The largest absolute Gasteiger partial charge is 0.497 e. The molecule has 0 aliphatic carbocycles. The third-order valence-corrected chi connectivity index (χ3v) is 5.12. The Bertz CT molecular complexity index is 1140. The molecule has 3 rings (SSSR count). The monoisotopic (exact) mass is 419 g/mol. The van der Waals surface area contributed by atoms with E-state index in [0.717, 1.165) is 22.1 Å². The number of fused-ring (bicyclic) bond motifs is 1. The van der Waals surface area contributed by atoms with E-state index in [1.807, 2.05) is 36.4 Å². The summed E-state index contributed by atoms with van der Waals surface area (Å²) < 4.78 is 10.6. The maximum Gasteiger partial charge on any atom is 0.313 e. The number of hydrogen-bond acceptors (Lipinski definition) is 5. The Labute approximate surface area is 181 Å². The molecule has 0 spiro atoms. The van der Waals surface area contributed by atoms with Crippen LogP contribution in [0.4, 0.5) is 5.69 Å². The Morgan fingerprint density at radius 1 is 0.903 bits per heavy atom. The molecule has 0 saturated heterocycles. The second kappa shape index (κ2) is 9.43. The van der Waals surface area contributed by atoms with Crippen molar-refractivity contribution in [1.29, 1.82) is 0 Å². The first-order valence-electron chi connectivity index (χ1n) is 9.98. The summed E-state index contributed by atoms with van der Waals surface area (Å²) in [6.45, 7) is 4.71. The van der Waals surface area contributed by atoms with Crippen LogP contribution in [0.25, 0.3) is 10.8 Å². The number of amides is 1. The van der Waals surface area contributed by atoms with Crippen LogP contribution in [-0.4, -0.2) is 30.9 Å². The van der Waals surface area contributed by atoms with Gasteiger partial charge >= 0.3 is 5.97 Å². The molecule has 3 aromatic carbocycles. The number of ketones is 1. The van der Waals surface area contributed by atoms with Gasteiger partial charge in [-0.2, -0.15) is 0 Å². The Morgan fingerprint density at radius 3 is 2.32 bits per heavy atom. The molecule has 1 amide bonds. The van der Waals surface area contributed by atoms with Gasteiger partial charge in [0.25, 0.3) is 5.91 Å². The third kappa shape index (κ3) is 5.28. The number of methoxy groups -OCH3 is 1. The number of anilines is 1. The molecule has 0 fully saturated rings. The SMILES string of the molecule is COc1ccc2cc([C@H](C)C(=O)O[C@@H](C)C(=O)Nc3cccc(C(C)=O)c3)ccc2c1. The maximum absolute atomic E-state index is 12.6. The fourth-order valence-electron chi connectivity index (χ4n) is 3.16. The smallest absolute Gasteiger partial charge is 0.313 e. The highest BCUT2D eigenvalue weighted by Gasteiger charge is 2.23. The lowest BCUT2D eigenvalue weighted by Crippen LogP contribution is -2.31. The van der Waals surface area contributed by atoms with Crippen LogP contribution in [0.5, 0.6) is 5.75 Å². The minimum absolute atomic E-state index is 0.0989. The predicted molar refractivity (Wildman–Crippen MR) is 120 cm³/mol. The summed E-state index contributed by atoms with van der Waals surface area (Å²) in [4.78, 5) is 36.6. The first-order valence-corrected chi connectivity index (χ1v) is 9.98. The fourth-order valence-corrected chi connectivity index (χ4v) is 3.16. The van der Waals surface area contributed by atoms with E-state index in [1.165, 1.54) is 13.8 Å². The number of carbonyl (C=O) groups excluding carboxylic acids is 3. The zero-order valence-electron chi connectivity index (χ0n) is 18.0. The summed E-state index contributed by atoms with van der Waals surface area (Å²) in [5.41, 5.74) is 1.76. The minimum Gasteiger partial charge on any atom is -0.497 e. The Kier molecular flexibility index (Phi) is 6.70. The molecule has 0 radical (unpaired) electrons. The average molecular weight is 419 g/mol. The van der Waals surface area contributed by atoms with Crippen LogP contribution in [0.1, 0.15) is 42.6 Å². The van der Waals surface area contributed by atoms with Crippen LogP contribution >= 0.6 is 0 Å². The fraction of sp³-hybridized carbons (Fsp3) is 0.240. The second-order valence-corrected chi connectivity index (χ2v) is 7.40. The molecular weight excluding hydrogens is 394 g/mol. The predicted octanol–water partition coefficient (Wildman–Crippen LogP) is 4.72. The molecule has 6 heteroatoms. The van der Waals surface area contributed by atoms with E-state index in [4.69, 9.17) is 9.47 Å². The van der Waals surface area contributed by atoms with Crippen LogP contribution in [0, 0.1) is 0 Å². The molecule has 0 unspecified atom stereocenters. The van der Waals surface area contributed by atoms with Gasteiger partial charge < -0.3 is 14.8 Å². The van der Waals surface area contributed by atoms with E-state index >= 15 is 0 Å². The standard InChI is InChI=1S/C25H25NO5/c1-15(18-8-9-21-14-23(30-4)11-10-20(21)12-18)25(29)31-17(3)24(28)26-22-7-5-6-19(13-22)16(2)27/h5-15,17H,1-4H3,(H,26,28)/t15-,17-/m0/s1. The molecule has 2 atom stereocenters. The molecule has 0 aromatic heterocycles. The van der Waals surface area contributed by atoms with Crippen molar-refractivity contribution < 1.29 is 23.9 Å². The van der Waals surface area contributed by atoms with Crippen molar-refractivity contribution in [2.45, 2.75) is 32.8 Å². The molecular formula is C25H25NO5. The lowest BCUT2D eigenvalue weighted by atomic mass is 9.98. The zero-order valence-corrected chi connectivity index (χ0v) is 18.0. The van der Waals surface area contributed by atoms with Crippen LogP contribution in [0.15, 0.2) is 60.7 Å². The van der Waals surface area contributed by atoms with Crippen LogP contribution in [0.2, 0.25) is 0 Å². The first-order chi connectivity index (χ1) is 14.8. The number of Topliss-reactive ketones (excluding diaryl/α,β-unsaturated/α-hetero) is 1. The number of rotatable bonds is 7. The summed E-state index contributed by atoms with van der Waals surface area (Å²) in [6, 6.07) is 18.1. The van der Waals surface area contributed by atoms with Gasteiger partial charge in [0.05, 0.1) is 13.0 Å². The molecule has 1 N–H and O–H groups in total. The molecule has 6 nitrogen and oxygen atoms in total. The molecule has 0 aliphatic heterocycles. The molecule has 0 heterocycles. The first kappa shape index (κ1) is 22.0. The highest BCUT2D eigenvalue weighted by atomic mass is 16.5. The quantitative estimate of drug-likeness (QED) is 0.442. The van der Waals surface area contributed by atoms with Gasteiger partial charge in [-0.1, -0.05) is 36.4 Å². The number of carbonyl (C=O) groups is 3. The minimum atomic E-state index is -0.986. The van der Waals surface area contributed by atoms with Crippen LogP contribution < -0.4 is 10.1 Å². The van der Waals surface area contributed by atoms with Gasteiger partial charge in [-0.15, -0.1) is 0 Å². The molecule has 160 valence electrons. The van der Waals surface area contributed by atoms with Gasteiger partial charge in [0.1, 0.15) is 5.75 Å². The van der Waals surface area contributed by atoms with Gasteiger partial charge in [-0.05, 0) is 61.4 Å². The van der Waals surface area contributed by atoms with Crippen molar-refractivity contribution in [2.24, 2.45) is 0 Å². The van der Waals surface area contributed by atoms with Gasteiger partial charge in [0.15, 0.2) is 11.9 Å². The Morgan fingerprint density at radius 2 is 1.61 bits per heavy atom. The lowest BCUT2D eigenvalue weighted by molar-refractivity contribution is -0.154. The molecule has 0 bridgehead atoms. The van der Waals surface area contributed by atoms with Crippen molar-refractivity contribution in [3.8, 4) is 5.75 Å². The Balaban J connectivity index is 1.65. The summed E-state index contributed by atoms with van der Waals surface area (Å²) in [6.07, 6.45) is -0.986. The number of esters is 1. The highest BCUT2D eigenvalue weighted by molar-refractivity contribution is 5.98. The molecule has 31 heavy (non-hydrogen) atoms. The van der Waals surface area contributed by atoms with Crippen molar-refractivity contribution >= 4 is 34.1 Å². The summed E-state index contributed by atoms with van der Waals surface area (Å²) >= 11 is 0. The zero-order chi connectivity index (χ0) is 22.5. The van der Waals surface area contributed by atoms with E-state index < -0.39 is 23.9 Å². The van der Waals surface area contributed by atoms with Crippen LogP contribution in [-0.2, 0) is 14.3 Å². The molecule has 0 aliphatic rings. The van der Waals surface area contributed by atoms with E-state index in [9.17, 15) is 14.4 Å². The van der Waals surface area contributed by atoms with E-state index in [1.54, 1.807) is 38.3 Å². The second-order valence-electron chi connectivity index (χ2n) is 7.40. The number of hydrogen-bond donors (Lipinski definition) is 1. The van der Waals surface area contributed by atoms with Crippen LogP contribution in [0.3, 0.4) is 0 Å². The lowest BCUT2D eigenvalue weighted by Gasteiger charge is -2.17. The summed E-state index contributed by atoms with van der Waals surface area (Å²) in [5, 5.41) is 4.66. The molecule has 3 aromatic rings. The number of benzene rings is 3. The number of nitrogens with one attached hydrogen (secondary N) is 1. The van der Waals surface area contributed by atoms with Crippen molar-refractivity contribution in [3.05, 3.63) is 71.8 Å². The average Bonchev–Trinajstić information content (AvgIpc) is 2.77. The highest BCUT2D eigenvalue weighted by Crippen LogP contribution is 2.26. The normalized spacial score (nSPS) is 12.6. The summed E-state index contributed by atoms with van der Waals surface area (Å²) in [5.74, 6) is -0.831. The van der Waals surface area contributed by atoms with Crippen molar-refractivity contribution in [1.82, 2.24) is 0 Å².